The van der Waals surface area contributed by atoms with Crippen LogP contribution in [0.5, 0.6) is 0 Å². The third-order valence-corrected chi connectivity index (χ3v) is 3.83. The molecule has 26 heavy (non-hydrogen) atoms. The van der Waals surface area contributed by atoms with Gasteiger partial charge in [-0.15, -0.1) is 0 Å². The number of hydrogen-bond donors (Lipinski definition) is 1. The molecule has 3 aromatic rings. The van der Waals surface area contributed by atoms with Gasteiger partial charge < -0.3 is 14.5 Å². The van der Waals surface area contributed by atoms with Crippen LogP contribution in [-0.2, 0) is 20.7 Å². The minimum Gasteiger partial charge on any atom is -0.456 e. The molecule has 0 unspecified atom stereocenters. The summed E-state index contributed by atoms with van der Waals surface area (Å²) in [6.45, 7) is -0.406. The molecule has 1 heterocycles. The maximum absolute atomic E-state index is 11.8. The van der Waals surface area contributed by atoms with Crippen LogP contribution >= 0.6 is 23.2 Å². The molecule has 1 N–H and O–H groups in total. The van der Waals surface area contributed by atoms with Crippen molar-refractivity contribution < 1.29 is 18.7 Å². The van der Waals surface area contributed by atoms with E-state index in [1.54, 1.807) is 24.3 Å². The van der Waals surface area contributed by atoms with Gasteiger partial charge in [0, 0.05) is 22.2 Å². The number of anilines is 1. The molecule has 0 bridgehead atoms. The van der Waals surface area contributed by atoms with Gasteiger partial charge in [0.25, 0.3) is 5.91 Å². The van der Waals surface area contributed by atoms with Crippen molar-refractivity contribution in [2.75, 3.05) is 11.9 Å². The highest BCUT2D eigenvalue weighted by atomic mass is 35.5. The third-order valence-electron chi connectivity index (χ3n) is 3.39. The molecule has 134 valence electrons. The Morgan fingerprint density at radius 1 is 1.12 bits per heavy atom. The highest BCUT2D eigenvalue weighted by Crippen LogP contribution is 2.22. The number of carbonyl (C=O) groups excluding carboxylic acids is 2. The number of aryl methyl sites for hydroxylation is 1. The molecule has 0 aliphatic rings. The predicted octanol–water partition coefficient (Wildman–Crippen LogP) is 4.25. The summed E-state index contributed by atoms with van der Waals surface area (Å²) in [4.78, 5) is 27.9. The minimum absolute atomic E-state index is 0.0586. The number of esters is 1. The average molecular weight is 393 g/mol. The van der Waals surface area contributed by atoms with Gasteiger partial charge in [0.2, 0.25) is 0 Å². The lowest BCUT2D eigenvalue weighted by molar-refractivity contribution is -0.147. The molecule has 0 radical (unpaired) electrons. The van der Waals surface area contributed by atoms with E-state index in [9.17, 15) is 9.59 Å². The quantitative estimate of drug-likeness (QED) is 0.634. The molecule has 1 amide bonds. The lowest BCUT2D eigenvalue weighted by atomic mass is 10.3. The molecule has 0 aliphatic carbocycles. The normalized spacial score (nSPS) is 10.7. The standard InChI is InChI=1S/C18H14Cl2N2O4/c19-11-7-12(20)9-13(8-11)21-16(23)10-25-18(24)6-5-17-22-14-3-1-2-4-15(14)26-17/h1-4,7-9H,5-6,10H2,(H,21,23). The van der Waals surface area contributed by atoms with Crippen LogP contribution in [0.1, 0.15) is 12.3 Å². The molecule has 2 aromatic carbocycles. The SMILES string of the molecule is O=C(COC(=O)CCc1nc2ccccc2o1)Nc1cc(Cl)cc(Cl)c1. The monoisotopic (exact) mass is 392 g/mol. The number of ether oxygens (including phenoxy) is 1. The van der Waals surface area contributed by atoms with Crippen molar-refractivity contribution in [3.63, 3.8) is 0 Å². The maximum atomic E-state index is 11.8. The predicted molar refractivity (Wildman–Crippen MR) is 98.4 cm³/mol. The fourth-order valence-electron chi connectivity index (χ4n) is 2.28. The van der Waals surface area contributed by atoms with Crippen LogP contribution in [0.2, 0.25) is 10.0 Å². The number of rotatable bonds is 6. The second kappa shape index (κ2) is 8.21. The van der Waals surface area contributed by atoms with Gasteiger partial charge in [0.1, 0.15) is 5.52 Å². The van der Waals surface area contributed by atoms with Gasteiger partial charge in [-0.25, -0.2) is 4.98 Å². The van der Waals surface area contributed by atoms with Crippen molar-refractivity contribution in [2.24, 2.45) is 0 Å². The van der Waals surface area contributed by atoms with E-state index < -0.39 is 18.5 Å². The summed E-state index contributed by atoms with van der Waals surface area (Å²) < 4.78 is 10.5. The zero-order chi connectivity index (χ0) is 18.5. The number of aromatic nitrogens is 1. The van der Waals surface area contributed by atoms with Gasteiger partial charge in [0.05, 0.1) is 6.42 Å². The molecule has 0 saturated heterocycles. The Labute approximate surface area is 159 Å². The van der Waals surface area contributed by atoms with Crippen LogP contribution in [0.4, 0.5) is 5.69 Å². The van der Waals surface area contributed by atoms with Gasteiger partial charge in [-0.2, -0.15) is 0 Å². The van der Waals surface area contributed by atoms with Crippen LogP contribution in [0.3, 0.4) is 0 Å². The van der Waals surface area contributed by atoms with Gasteiger partial charge in [0.15, 0.2) is 18.1 Å². The second-order valence-electron chi connectivity index (χ2n) is 5.44. The number of hydrogen-bond acceptors (Lipinski definition) is 5. The fourth-order valence-corrected chi connectivity index (χ4v) is 2.80. The van der Waals surface area contributed by atoms with E-state index in [-0.39, 0.29) is 6.42 Å². The van der Waals surface area contributed by atoms with Crippen molar-refractivity contribution in [1.29, 1.82) is 0 Å². The topological polar surface area (TPSA) is 81.4 Å². The molecule has 3 rings (SSSR count). The van der Waals surface area contributed by atoms with Crippen LogP contribution in [-0.4, -0.2) is 23.5 Å². The zero-order valence-corrected chi connectivity index (χ0v) is 15.0. The summed E-state index contributed by atoms with van der Waals surface area (Å²) in [5.74, 6) is -0.564. The zero-order valence-electron chi connectivity index (χ0n) is 13.5. The Morgan fingerprint density at radius 3 is 2.58 bits per heavy atom. The lowest BCUT2D eigenvalue weighted by Crippen LogP contribution is -2.21. The average Bonchev–Trinajstić information content (AvgIpc) is 3.00. The minimum atomic E-state index is -0.522. The molecule has 0 saturated carbocycles. The first-order valence-corrected chi connectivity index (χ1v) is 8.51. The highest BCUT2D eigenvalue weighted by molar-refractivity contribution is 6.35. The number of benzene rings is 2. The smallest absolute Gasteiger partial charge is 0.306 e. The van der Waals surface area contributed by atoms with Crippen LogP contribution in [0.25, 0.3) is 11.1 Å². The Hall–Kier alpha value is -2.57. The number of oxazole rings is 1. The van der Waals surface area contributed by atoms with E-state index >= 15 is 0 Å². The van der Waals surface area contributed by atoms with Crippen molar-refractivity contribution in [3.05, 3.63) is 58.4 Å². The van der Waals surface area contributed by atoms with E-state index in [2.05, 4.69) is 10.3 Å². The molecular formula is C18H14Cl2N2O4. The van der Waals surface area contributed by atoms with Gasteiger partial charge in [-0.1, -0.05) is 35.3 Å². The Morgan fingerprint density at radius 2 is 1.85 bits per heavy atom. The van der Waals surface area contributed by atoms with E-state index in [4.69, 9.17) is 32.4 Å². The van der Waals surface area contributed by atoms with E-state index in [1.165, 1.54) is 0 Å². The number of nitrogens with zero attached hydrogens (tertiary/aromatic N) is 1. The third kappa shape index (κ3) is 4.97. The second-order valence-corrected chi connectivity index (χ2v) is 6.32. The molecule has 0 aliphatic heterocycles. The maximum Gasteiger partial charge on any atom is 0.306 e. The summed E-state index contributed by atoms with van der Waals surface area (Å²) >= 11 is 11.7. The number of amides is 1. The molecule has 8 heteroatoms. The Kier molecular flexibility index (Phi) is 5.75. The lowest BCUT2D eigenvalue weighted by Gasteiger charge is -2.07. The van der Waals surface area contributed by atoms with Gasteiger partial charge >= 0.3 is 5.97 Å². The summed E-state index contributed by atoms with van der Waals surface area (Å²) in [7, 11) is 0. The summed E-state index contributed by atoms with van der Waals surface area (Å²) in [6, 6.07) is 12.0. The Balaban J connectivity index is 1.45. The number of fused-ring (bicyclic) bond motifs is 1. The first kappa shape index (κ1) is 18.2. The molecule has 0 spiro atoms. The summed E-state index contributed by atoms with van der Waals surface area (Å²) in [5.41, 5.74) is 1.82. The van der Waals surface area contributed by atoms with Crippen molar-refractivity contribution in [2.45, 2.75) is 12.8 Å². The van der Waals surface area contributed by atoms with Crippen molar-refractivity contribution in [1.82, 2.24) is 4.98 Å². The van der Waals surface area contributed by atoms with Crippen LogP contribution in [0, 0.1) is 0 Å². The van der Waals surface area contributed by atoms with E-state index in [0.29, 0.717) is 33.6 Å². The molecule has 1 aromatic heterocycles. The van der Waals surface area contributed by atoms with Crippen molar-refractivity contribution >= 4 is 51.9 Å². The number of halogens is 2. The molecule has 6 nitrogen and oxygen atoms in total. The van der Waals surface area contributed by atoms with Gasteiger partial charge in [-0.05, 0) is 30.3 Å². The first-order chi connectivity index (χ1) is 12.5. The fraction of sp³-hybridized carbons (Fsp3) is 0.167. The number of nitrogens with one attached hydrogen (secondary N) is 1. The van der Waals surface area contributed by atoms with E-state index in [0.717, 1.165) is 5.52 Å². The van der Waals surface area contributed by atoms with Crippen molar-refractivity contribution in [3.8, 4) is 0 Å². The van der Waals surface area contributed by atoms with Gasteiger partial charge in [-0.3, -0.25) is 9.59 Å². The summed E-state index contributed by atoms with van der Waals surface area (Å²) in [6.07, 6.45) is 0.349. The highest BCUT2D eigenvalue weighted by Gasteiger charge is 2.11. The van der Waals surface area contributed by atoms with Crippen LogP contribution in [0.15, 0.2) is 46.9 Å². The molecular weight excluding hydrogens is 379 g/mol. The number of carbonyl (C=O) groups is 2. The Bertz CT molecular complexity index is 902. The number of para-hydroxylation sites is 2. The molecule has 0 atom stereocenters. The summed E-state index contributed by atoms with van der Waals surface area (Å²) in [5, 5.41) is 3.34. The largest absolute Gasteiger partial charge is 0.456 e. The van der Waals surface area contributed by atoms with Crippen LogP contribution < -0.4 is 5.32 Å². The van der Waals surface area contributed by atoms with E-state index in [1.807, 2.05) is 18.2 Å². The first-order valence-electron chi connectivity index (χ1n) is 7.75. The molecule has 0 fully saturated rings.